The van der Waals surface area contributed by atoms with Gasteiger partial charge in [0.25, 0.3) is 5.56 Å². The predicted molar refractivity (Wildman–Crippen MR) is 82.6 cm³/mol. The Balaban J connectivity index is 1.88. The molecule has 0 radical (unpaired) electrons. The minimum atomic E-state index is -0.890. The average molecular weight is 351 g/mol. The van der Waals surface area contributed by atoms with Gasteiger partial charge < -0.3 is 5.32 Å². The van der Waals surface area contributed by atoms with Crippen molar-refractivity contribution in [3.63, 3.8) is 0 Å². The van der Waals surface area contributed by atoms with Gasteiger partial charge in [0.05, 0.1) is 11.9 Å². The highest BCUT2D eigenvalue weighted by Crippen LogP contribution is 2.16. The van der Waals surface area contributed by atoms with Crippen molar-refractivity contribution < 1.29 is 8.78 Å². The lowest BCUT2D eigenvalue weighted by Crippen LogP contribution is -2.22. The van der Waals surface area contributed by atoms with Crippen molar-refractivity contribution in [1.82, 2.24) is 24.7 Å². The van der Waals surface area contributed by atoms with Crippen molar-refractivity contribution in [2.24, 2.45) is 0 Å². The van der Waals surface area contributed by atoms with Crippen molar-refractivity contribution in [2.45, 2.75) is 6.92 Å². The number of hydrogen-bond acceptors (Lipinski definition) is 6. The normalized spacial score (nSPS) is 10.7. The number of nitrogens with one attached hydrogen (secondary N) is 1. The quantitative estimate of drug-likeness (QED) is 0.780. The number of hydrogen-bond donors (Lipinski definition) is 1. The fraction of sp³-hybridized carbons (Fsp3) is 0.0714. The van der Waals surface area contributed by atoms with Gasteiger partial charge >= 0.3 is 6.08 Å². The molecule has 0 unspecified atom stereocenters. The molecule has 24 heavy (non-hydrogen) atoms. The molecule has 0 bridgehead atoms. The van der Waals surface area contributed by atoms with Gasteiger partial charge in [0.1, 0.15) is 10.8 Å². The lowest BCUT2D eigenvalue weighted by Gasteiger charge is -2.08. The fourth-order valence-electron chi connectivity index (χ4n) is 1.92. The van der Waals surface area contributed by atoms with E-state index in [1.807, 2.05) is 0 Å². The summed E-state index contributed by atoms with van der Waals surface area (Å²) < 4.78 is 27.3. The molecule has 0 aliphatic heterocycles. The van der Waals surface area contributed by atoms with Crippen LogP contribution in [0.5, 0.6) is 0 Å². The van der Waals surface area contributed by atoms with Gasteiger partial charge in [0.15, 0.2) is 5.82 Å². The lowest BCUT2D eigenvalue weighted by atomic mass is 10.3. The summed E-state index contributed by atoms with van der Waals surface area (Å²) in [4.78, 5) is 22.8. The Morgan fingerprint density at radius 1 is 1.12 bits per heavy atom. The molecule has 0 saturated carbocycles. The van der Waals surface area contributed by atoms with E-state index < -0.39 is 22.5 Å². The number of rotatable bonds is 3. The van der Waals surface area contributed by atoms with E-state index in [0.29, 0.717) is 11.4 Å². The second-order valence-electron chi connectivity index (χ2n) is 4.67. The Bertz CT molecular complexity index is 940. The monoisotopic (exact) mass is 350 g/mol. The van der Waals surface area contributed by atoms with Crippen molar-refractivity contribution in [2.75, 3.05) is 5.32 Å². The summed E-state index contributed by atoms with van der Waals surface area (Å²) in [5, 5.41) is 5.95. The molecule has 2 aromatic heterocycles. The van der Waals surface area contributed by atoms with Crippen molar-refractivity contribution >= 4 is 23.2 Å². The molecule has 0 fully saturated rings. The van der Waals surface area contributed by atoms with Crippen molar-refractivity contribution in [3.8, 4) is 5.69 Å². The molecule has 3 rings (SSSR count). The molecule has 0 saturated heterocycles. The molecule has 2 heterocycles. The third-order valence-electron chi connectivity index (χ3n) is 2.96. The molecule has 0 aliphatic carbocycles. The zero-order valence-electron chi connectivity index (χ0n) is 12.2. The molecular weight excluding hydrogens is 342 g/mol. The van der Waals surface area contributed by atoms with Gasteiger partial charge in [-0.3, -0.25) is 4.79 Å². The zero-order chi connectivity index (χ0) is 17.3. The molecule has 7 nitrogen and oxygen atoms in total. The highest BCUT2D eigenvalue weighted by molar-refractivity contribution is 6.30. The number of aromatic nitrogens is 5. The molecule has 10 heteroatoms. The summed E-state index contributed by atoms with van der Waals surface area (Å²) in [6.07, 6.45) is -0.0370. The maximum Gasteiger partial charge on any atom is 0.313 e. The van der Waals surface area contributed by atoms with Crippen LogP contribution in [0.15, 0.2) is 35.3 Å². The van der Waals surface area contributed by atoms with Crippen LogP contribution in [0, 0.1) is 18.8 Å². The largest absolute Gasteiger partial charge is 0.324 e. The molecule has 122 valence electrons. The number of nitrogens with zero attached hydrogens (tertiary/aromatic N) is 5. The molecule has 1 aromatic carbocycles. The Labute approximate surface area is 139 Å². The summed E-state index contributed by atoms with van der Waals surface area (Å²) in [5.74, 6) is -0.602. The van der Waals surface area contributed by atoms with Crippen LogP contribution in [0.3, 0.4) is 0 Å². The van der Waals surface area contributed by atoms with Crippen LogP contribution < -0.4 is 10.9 Å². The first-order chi connectivity index (χ1) is 11.4. The smallest absolute Gasteiger partial charge is 0.313 e. The first-order valence-electron chi connectivity index (χ1n) is 6.63. The van der Waals surface area contributed by atoms with Crippen molar-refractivity contribution in [3.05, 3.63) is 63.6 Å². The van der Waals surface area contributed by atoms with Crippen LogP contribution >= 0.6 is 11.6 Å². The number of aryl methyl sites for hydroxylation is 1. The topological polar surface area (TPSA) is 85.6 Å². The van der Waals surface area contributed by atoms with Crippen LogP contribution in [0.25, 0.3) is 5.69 Å². The van der Waals surface area contributed by atoms with Crippen LogP contribution in [0.1, 0.15) is 5.82 Å². The average Bonchev–Trinajstić information content (AvgIpc) is 2.53. The SMILES string of the molecule is Cc1nc(F)nc(Nc2ccc(-n3ncc(F)c(Cl)c3=O)cc2)n1. The summed E-state index contributed by atoms with van der Waals surface area (Å²) in [6, 6.07) is 6.29. The second-order valence-corrected chi connectivity index (χ2v) is 5.05. The van der Waals surface area contributed by atoms with Crippen LogP contribution in [-0.4, -0.2) is 24.7 Å². The standard InChI is InChI=1S/C14H9ClF2N6O/c1-7-19-13(17)22-14(20-7)21-8-2-4-9(5-3-8)23-12(24)11(15)10(16)6-18-23/h2-6H,1H3,(H,19,20,21,22). The van der Waals surface area contributed by atoms with E-state index in [-0.39, 0.29) is 11.8 Å². The van der Waals surface area contributed by atoms with Gasteiger partial charge in [0.2, 0.25) is 5.95 Å². The van der Waals surface area contributed by atoms with E-state index in [2.05, 4.69) is 25.4 Å². The highest BCUT2D eigenvalue weighted by Gasteiger charge is 2.10. The first-order valence-corrected chi connectivity index (χ1v) is 7.01. The van der Waals surface area contributed by atoms with Crippen LogP contribution in [0.2, 0.25) is 5.02 Å². The van der Waals surface area contributed by atoms with E-state index in [4.69, 9.17) is 11.6 Å². The Morgan fingerprint density at radius 3 is 2.50 bits per heavy atom. The van der Waals surface area contributed by atoms with Gasteiger partial charge in [-0.05, 0) is 31.2 Å². The molecule has 1 N–H and O–H groups in total. The highest BCUT2D eigenvalue weighted by atomic mass is 35.5. The molecule has 0 aliphatic rings. The second kappa shape index (κ2) is 6.28. The summed E-state index contributed by atoms with van der Waals surface area (Å²) in [6.45, 7) is 1.54. The third-order valence-corrected chi connectivity index (χ3v) is 3.31. The zero-order valence-corrected chi connectivity index (χ0v) is 12.9. The van der Waals surface area contributed by atoms with Gasteiger partial charge in [-0.15, -0.1) is 0 Å². The Kier molecular flexibility index (Phi) is 4.17. The Morgan fingerprint density at radius 2 is 1.83 bits per heavy atom. The van der Waals surface area contributed by atoms with E-state index in [1.165, 1.54) is 6.92 Å². The molecule has 0 spiro atoms. The Hall–Kier alpha value is -2.94. The third kappa shape index (κ3) is 3.20. The predicted octanol–water partition coefficient (Wildman–Crippen LogP) is 2.40. The van der Waals surface area contributed by atoms with Gasteiger partial charge in [-0.2, -0.15) is 29.1 Å². The minimum Gasteiger partial charge on any atom is -0.324 e. The van der Waals surface area contributed by atoms with Crippen LogP contribution in [-0.2, 0) is 0 Å². The van der Waals surface area contributed by atoms with E-state index >= 15 is 0 Å². The van der Waals surface area contributed by atoms with Crippen molar-refractivity contribution in [1.29, 1.82) is 0 Å². The summed E-state index contributed by atoms with van der Waals surface area (Å²) >= 11 is 5.58. The molecular formula is C14H9ClF2N6O. The van der Waals surface area contributed by atoms with Crippen LogP contribution in [0.4, 0.5) is 20.4 Å². The lowest BCUT2D eigenvalue weighted by molar-refractivity contribution is 0.529. The maximum atomic E-state index is 13.2. The van der Waals surface area contributed by atoms with Gasteiger partial charge in [-0.25, -0.2) is 4.39 Å². The van der Waals surface area contributed by atoms with E-state index in [1.54, 1.807) is 24.3 Å². The fourth-order valence-corrected chi connectivity index (χ4v) is 2.05. The van der Waals surface area contributed by atoms with E-state index in [9.17, 15) is 13.6 Å². The molecule has 0 atom stereocenters. The number of benzene rings is 1. The number of anilines is 2. The van der Waals surface area contributed by atoms with Gasteiger partial charge in [0, 0.05) is 5.69 Å². The van der Waals surface area contributed by atoms with E-state index in [0.717, 1.165) is 10.9 Å². The number of halogens is 3. The molecule has 3 aromatic rings. The summed E-state index contributed by atoms with van der Waals surface area (Å²) in [5.41, 5.74) is 0.156. The summed E-state index contributed by atoms with van der Waals surface area (Å²) in [7, 11) is 0. The minimum absolute atomic E-state index is 0.0490. The first kappa shape index (κ1) is 15.9. The van der Waals surface area contributed by atoms with Gasteiger partial charge in [-0.1, -0.05) is 11.6 Å². The molecule has 0 amide bonds. The maximum absolute atomic E-state index is 13.2.